The monoisotopic (exact) mass is 561 g/mol. The lowest BCUT2D eigenvalue weighted by molar-refractivity contribution is 0.0264. The molecule has 6 rings (SSSR count). The number of allylic oxidation sites excluding steroid dienone is 1. The van der Waals surface area contributed by atoms with Gasteiger partial charge >= 0.3 is 11.8 Å². The SMILES string of the molecule is Cc1oc(=O)oc1CN1CCN(C2=Cc3c(c(=O)c(C(=O)O)cn3C3CC3)CC2(F)Cl)CC1C1CCCCC1. The summed E-state index contributed by atoms with van der Waals surface area (Å²) in [4.78, 5) is 40.7. The fourth-order valence-electron chi connectivity index (χ4n) is 6.64. The van der Waals surface area contributed by atoms with E-state index in [0.717, 1.165) is 38.5 Å². The van der Waals surface area contributed by atoms with E-state index in [1.807, 2.05) is 9.47 Å². The Balaban J connectivity index is 1.35. The molecule has 1 N–H and O–H groups in total. The van der Waals surface area contributed by atoms with Crippen molar-refractivity contribution in [2.75, 3.05) is 19.6 Å². The van der Waals surface area contributed by atoms with Gasteiger partial charge in [-0.2, -0.15) is 0 Å². The van der Waals surface area contributed by atoms with E-state index < -0.39 is 22.3 Å². The van der Waals surface area contributed by atoms with E-state index >= 15 is 4.39 Å². The van der Waals surface area contributed by atoms with Gasteiger partial charge in [-0.1, -0.05) is 30.9 Å². The van der Waals surface area contributed by atoms with Crippen molar-refractivity contribution in [2.24, 2.45) is 5.92 Å². The summed E-state index contributed by atoms with van der Waals surface area (Å²) in [5.41, 5.74) is -0.0220. The molecular formula is C28H33ClFN3O6. The van der Waals surface area contributed by atoms with Crippen LogP contribution in [0.25, 0.3) is 6.08 Å². The topological polar surface area (TPSA) is 109 Å². The zero-order valence-corrected chi connectivity index (χ0v) is 22.7. The number of piperazine rings is 1. The van der Waals surface area contributed by atoms with Crippen LogP contribution in [0.15, 0.2) is 30.3 Å². The van der Waals surface area contributed by atoms with Crippen molar-refractivity contribution in [3.63, 3.8) is 0 Å². The molecule has 3 fully saturated rings. The number of hydrogen-bond acceptors (Lipinski definition) is 7. The molecule has 2 aromatic rings. The van der Waals surface area contributed by atoms with Crippen molar-refractivity contribution < 1.29 is 23.1 Å². The normalized spacial score (nSPS) is 26.4. The first kappa shape index (κ1) is 26.4. The number of aromatic carboxylic acids is 1. The second-order valence-electron chi connectivity index (χ2n) is 11.4. The molecule has 0 spiro atoms. The molecule has 0 radical (unpaired) electrons. The summed E-state index contributed by atoms with van der Waals surface area (Å²) in [5.74, 6) is -0.637. The van der Waals surface area contributed by atoms with Crippen molar-refractivity contribution in [3.05, 3.63) is 61.1 Å². The Morgan fingerprint density at radius 1 is 1.15 bits per heavy atom. The van der Waals surface area contributed by atoms with Crippen LogP contribution in [0.5, 0.6) is 0 Å². The molecule has 2 aromatic heterocycles. The Morgan fingerprint density at radius 3 is 2.54 bits per heavy atom. The maximum atomic E-state index is 16.2. The highest BCUT2D eigenvalue weighted by atomic mass is 35.5. The largest absolute Gasteiger partial charge is 0.519 e. The number of halogens is 2. The number of rotatable bonds is 6. The van der Waals surface area contributed by atoms with E-state index in [4.69, 9.17) is 20.4 Å². The number of aromatic nitrogens is 1. The van der Waals surface area contributed by atoms with Gasteiger partial charge in [-0.05, 0) is 44.6 Å². The average Bonchev–Trinajstić information content (AvgIpc) is 3.69. The van der Waals surface area contributed by atoms with Gasteiger partial charge in [0.25, 0.3) is 0 Å². The summed E-state index contributed by atoms with van der Waals surface area (Å²) in [6.45, 7) is 3.82. The van der Waals surface area contributed by atoms with Gasteiger partial charge in [-0.25, -0.2) is 14.0 Å². The van der Waals surface area contributed by atoms with E-state index in [2.05, 4.69) is 4.90 Å². The quantitative estimate of drug-likeness (QED) is 0.520. The number of aryl methyl sites for hydroxylation is 1. The van der Waals surface area contributed by atoms with Crippen LogP contribution in [0.3, 0.4) is 0 Å². The second-order valence-corrected chi connectivity index (χ2v) is 12.0. The molecule has 2 atom stereocenters. The lowest BCUT2D eigenvalue weighted by atomic mass is 9.82. The van der Waals surface area contributed by atoms with Crippen LogP contribution in [0, 0.1) is 12.8 Å². The summed E-state index contributed by atoms with van der Waals surface area (Å²) in [6, 6.07) is 0.186. The van der Waals surface area contributed by atoms with Gasteiger partial charge < -0.3 is 23.4 Å². The zero-order valence-electron chi connectivity index (χ0n) is 22.0. The maximum absolute atomic E-state index is 16.2. The molecule has 4 aliphatic rings. The van der Waals surface area contributed by atoms with Gasteiger partial charge in [0.2, 0.25) is 5.13 Å². The number of hydrogen-bond donors (Lipinski definition) is 1. The molecule has 1 aliphatic heterocycles. The smallest absolute Gasteiger partial charge is 0.477 e. The fourth-order valence-corrected chi connectivity index (χ4v) is 6.95. The second kappa shape index (κ2) is 9.96. The van der Waals surface area contributed by atoms with Crippen molar-refractivity contribution in [3.8, 4) is 0 Å². The highest BCUT2D eigenvalue weighted by Crippen LogP contribution is 2.44. The number of fused-ring (bicyclic) bond motifs is 1. The highest BCUT2D eigenvalue weighted by molar-refractivity contribution is 6.25. The Morgan fingerprint density at radius 2 is 1.90 bits per heavy atom. The van der Waals surface area contributed by atoms with Crippen molar-refractivity contribution in [1.29, 1.82) is 0 Å². The molecule has 9 nitrogen and oxygen atoms in total. The highest BCUT2D eigenvalue weighted by Gasteiger charge is 2.45. The molecule has 1 saturated heterocycles. The van der Waals surface area contributed by atoms with Crippen LogP contribution in [-0.4, -0.2) is 56.2 Å². The van der Waals surface area contributed by atoms with E-state index in [-0.39, 0.29) is 29.6 Å². The summed E-state index contributed by atoms with van der Waals surface area (Å²) in [7, 11) is 0. The van der Waals surface area contributed by atoms with E-state index in [9.17, 15) is 19.5 Å². The molecule has 2 saturated carbocycles. The van der Waals surface area contributed by atoms with Crippen molar-refractivity contribution in [1.82, 2.24) is 14.4 Å². The maximum Gasteiger partial charge on any atom is 0.519 e. The minimum atomic E-state index is -2.34. The first-order valence-electron chi connectivity index (χ1n) is 13.8. The van der Waals surface area contributed by atoms with E-state index in [1.54, 1.807) is 13.0 Å². The summed E-state index contributed by atoms with van der Waals surface area (Å²) < 4.78 is 28.4. The third-order valence-electron chi connectivity index (χ3n) is 8.84. The van der Waals surface area contributed by atoms with Crippen LogP contribution in [0.1, 0.15) is 84.1 Å². The van der Waals surface area contributed by atoms with Crippen molar-refractivity contribution >= 4 is 23.6 Å². The third-order valence-corrected chi connectivity index (χ3v) is 9.17. The number of nitrogens with zero attached hydrogens (tertiary/aromatic N) is 3. The van der Waals surface area contributed by atoms with Gasteiger partial charge in [-0.15, -0.1) is 0 Å². The van der Waals surface area contributed by atoms with Gasteiger partial charge in [0, 0.05) is 49.9 Å². The summed E-state index contributed by atoms with van der Waals surface area (Å²) >= 11 is 6.53. The Bertz CT molecular complexity index is 1430. The minimum absolute atomic E-state index is 0.0911. The first-order chi connectivity index (χ1) is 18.6. The molecule has 0 aromatic carbocycles. The molecule has 0 amide bonds. The van der Waals surface area contributed by atoms with Crippen molar-refractivity contribution in [2.45, 2.75) is 82.0 Å². The van der Waals surface area contributed by atoms with Crippen LogP contribution in [-0.2, 0) is 13.0 Å². The predicted octanol–water partition coefficient (Wildman–Crippen LogP) is 4.30. The number of pyridine rings is 1. The number of carbonyl (C=O) groups is 1. The Kier molecular flexibility index (Phi) is 6.74. The molecule has 210 valence electrons. The van der Waals surface area contributed by atoms with Gasteiger partial charge in [0.05, 0.1) is 17.9 Å². The molecule has 11 heteroatoms. The zero-order chi connectivity index (χ0) is 27.5. The molecular weight excluding hydrogens is 529 g/mol. The Hall–Kier alpha value is -2.85. The molecule has 3 heterocycles. The molecule has 39 heavy (non-hydrogen) atoms. The van der Waals surface area contributed by atoms with Crippen LogP contribution in [0.4, 0.5) is 4.39 Å². The van der Waals surface area contributed by atoms with Gasteiger partial charge in [0.1, 0.15) is 11.3 Å². The van der Waals surface area contributed by atoms with Gasteiger partial charge in [-0.3, -0.25) is 9.69 Å². The number of carboxylic acid groups (broad SMARTS) is 1. The standard InChI is InChI=1S/C28H33ClFN3O6/c1-16-23(39-27(37)38-16)15-31-9-10-32(14-22(31)17-5-3-2-4-6-17)24-11-21-19(12-28(24,29)30)25(34)20(26(35)36)13-33(21)18-7-8-18/h11,13,17-18,22H,2-10,12,14-15H2,1H3,(H,35,36). The summed E-state index contributed by atoms with van der Waals surface area (Å²) in [6.07, 6.45) is 10.1. The fraction of sp³-hybridized carbons (Fsp3) is 0.607. The van der Waals surface area contributed by atoms with E-state index in [0.29, 0.717) is 55.0 Å². The van der Waals surface area contributed by atoms with Crippen LogP contribution >= 0.6 is 11.6 Å². The van der Waals surface area contributed by atoms with Crippen LogP contribution < -0.4 is 11.3 Å². The predicted molar refractivity (Wildman–Crippen MR) is 142 cm³/mol. The average molecular weight is 562 g/mol. The summed E-state index contributed by atoms with van der Waals surface area (Å²) in [5, 5.41) is 7.25. The minimum Gasteiger partial charge on any atom is -0.477 e. The van der Waals surface area contributed by atoms with Crippen LogP contribution in [0.2, 0.25) is 0 Å². The molecule has 2 unspecified atom stereocenters. The lowest BCUT2D eigenvalue weighted by Crippen LogP contribution is -2.57. The third kappa shape index (κ3) is 4.97. The lowest BCUT2D eigenvalue weighted by Gasteiger charge is -2.48. The van der Waals surface area contributed by atoms with Gasteiger partial charge in [0.15, 0.2) is 11.2 Å². The number of carboxylic acids is 1. The molecule has 0 bridgehead atoms. The number of alkyl halides is 2. The Labute approximate surface area is 229 Å². The molecule has 3 aliphatic carbocycles. The first-order valence-corrected chi connectivity index (χ1v) is 14.2. The van der Waals surface area contributed by atoms with E-state index in [1.165, 1.54) is 12.6 Å².